The molecule has 0 saturated heterocycles. The second kappa shape index (κ2) is 6.55. The lowest BCUT2D eigenvalue weighted by Crippen LogP contribution is -2.25. The third kappa shape index (κ3) is 4.30. The van der Waals surface area contributed by atoms with E-state index in [1.807, 2.05) is 0 Å². The van der Waals surface area contributed by atoms with Crippen LogP contribution in [0.1, 0.15) is 30.6 Å². The number of methoxy groups -OCH3 is 1. The summed E-state index contributed by atoms with van der Waals surface area (Å²) >= 11 is 4.28. The van der Waals surface area contributed by atoms with E-state index in [-0.39, 0.29) is 5.91 Å². The van der Waals surface area contributed by atoms with Crippen molar-refractivity contribution < 1.29 is 9.53 Å². The van der Waals surface area contributed by atoms with Gasteiger partial charge in [-0.15, -0.1) is 12.6 Å². The van der Waals surface area contributed by atoms with Gasteiger partial charge in [0, 0.05) is 11.4 Å². The number of rotatable bonds is 5. The van der Waals surface area contributed by atoms with Crippen LogP contribution in [0.25, 0.3) is 0 Å². The summed E-state index contributed by atoms with van der Waals surface area (Å²) in [5.74, 6) is 1.20. The van der Waals surface area contributed by atoms with E-state index in [9.17, 15) is 4.79 Å². The molecule has 0 bridgehead atoms. The van der Waals surface area contributed by atoms with Crippen LogP contribution in [0.15, 0.2) is 23.1 Å². The van der Waals surface area contributed by atoms with Crippen molar-refractivity contribution >= 4 is 18.5 Å². The Bertz CT molecular complexity index is 391. The monoisotopic (exact) mass is 253 g/mol. The predicted molar refractivity (Wildman–Crippen MR) is 72.0 cm³/mol. The van der Waals surface area contributed by atoms with E-state index in [0.29, 0.717) is 28.7 Å². The van der Waals surface area contributed by atoms with Crippen LogP contribution in [0.3, 0.4) is 0 Å². The first-order valence-electron chi connectivity index (χ1n) is 5.69. The summed E-state index contributed by atoms with van der Waals surface area (Å²) in [7, 11) is 1.59. The number of benzene rings is 1. The Morgan fingerprint density at radius 3 is 2.71 bits per heavy atom. The Kier molecular flexibility index (Phi) is 5.35. The Morgan fingerprint density at radius 1 is 1.47 bits per heavy atom. The van der Waals surface area contributed by atoms with Gasteiger partial charge in [0.25, 0.3) is 5.91 Å². The van der Waals surface area contributed by atoms with Gasteiger partial charge in [-0.3, -0.25) is 4.79 Å². The summed E-state index contributed by atoms with van der Waals surface area (Å²) in [6.45, 7) is 4.95. The number of nitrogens with one attached hydrogen (secondary N) is 1. The molecule has 0 heterocycles. The van der Waals surface area contributed by atoms with E-state index in [4.69, 9.17) is 4.74 Å². The molecule has 0 fully saturated rings. The van der Waals surface area contributed by atoms with Gasteiger partial charge in [-0.05, 0) is 30.5 Å². The van der Waals surface area contributed by atoms with Crippen LogP contribution in [0.5, 0.6) is 5.75 Å². The maximum atomic E-state index is 11.8. The molecule has 0 spiro atoms. The van der Waals surface area contributed by atoms with Crippen molar-refractivity contribution in [1.82, 2.24) is 5.32 Å². The average Bonchev–Trinajstić information content (AvgIpc) is 2.28. The molecule has 1 N–H and O–H groups in total. The zero-order valence-corrected chi connectivity index (χ0v) is 11.4. The number of amides is 1. The average molecular weight is 253 g/mol. The zero-order chi connectivity index (χ0) is 12.8. The van der Waals surface area contributed by atoms with Gasteiger partial charge in [0.2, 0.25) is 0 Å². The highest BCUT2D eigenvalue weighted by Gasteiger charge is 2.09. The minimum Gasteiger partial charge on any atom is -0.497 e. The summed E-state index contributed by atoms with van der Waals surface area (Å²) in [5.41, 5.74) is 0.581. The normalized spacial score (nSPS) is 10.4. The topological polar surface area (TPSA) is 38.3 Å². The van der Waals surface area contributed by atoms with Crippen molar-refractivity contribution in [2.75, 3.05) is 13.7 Å². The molecule has 4 heteroatoms. The Morgan fingerprint density at radius 2 is 2.18 bits per heavy atom. The highest BCUT2D eigenvalue weighted by atomic mass is 32.1. The molecule has 1 amide bonds. The Labute approximate surface area is 108 Å². The largest absolute Gasteiger partial charge is 0.497 e. The van der Waals surface area contributed by atoms with E-state index in [1.54, 1.807) is 25.3 Å². The quantitative estimate of drug-likeness (QED) is 0.792. The number of ether oxygens (including phenoxy) is 1. The molecule has 0 atom stereocenters. The number of carbonyl (C=O) groups is 1. The van der Waals surface area contributed by atoms with Crippen LogP contribution in [-0.2, 0) is 0 Å². The minimum atomic E-state index is -0.0849. The van der Waals surface area contributed by atoms with Gasteiger partial charge in [0.15, 0.2) is 0 Å². The van der Waals surface area contributed by atoms with Crippen molar-refractivity contribution in [3.63, 3.8) is 0 Å². The zero-order valence-electron chi connectivity index (χ0n) is 10.5. The third-order valence-corrected chi connectivity index (χ3v) is 2.83. The standard InChI is InChI=1S/C13H19NO2S/c1-9(2)6-7-14-13(15)11-5-4-10(16-3)8-12(11)17/h4-5,8-9,17H,6-7H2,1-3H3,(H,14,15). The van der Waals surface area contributed by atoms with Crippen molar-refractivity contribution in [2.24, 2.45) is 5.92 Å². The molecule has 0 saturated carbocycles. The number of hydrogen-bond acceptors (Lipinski definition) is 3. The maximum absolute atomic E-state index is 11.8. The molecular formula is C13H19NO2S. The molecule has 1 rings (SSSR count). The second-order valence-corrected chi connectivity index (χ2v) is 4.80. The van der Waals surface area contributed by atoms with E-state index >= 15 is 0 Å². The van der Waals surface area contributed by atoms with E-state index in [0.717, 1.165) is 6.42 Å². The van der Waals surface area contributed by atoms with Gasteiger partial charge in [0.1, 0.15) is 5.75 Å². The number of carbonyl (C=O) groups excluding carboxylic acids is 1. The third-order valence-electron chi connectivity index (χ3n) is 2.46. The van der Waals surface area contributed by atoms with E-state index in [2.05, 4.69) is 31.8 Å². The van der Waals surface area contributed by atoms with Crippen LogP contribution in [-0.4, -0.2) is 19.6 Å². The molecule has 17 heavy (non-hydrogen) atoms. The van der Waals surface area contributed by atoms with Crippen LogP contribution < -0.4 is 10.1 Å². The first-order valence-corrected chi connectivity index (χ1v) is 6.14. The van der Waals surface area contributed by atoms with Crippen LogP contribution >= 0.6 is 12.6 Å². The molecule has 0 aliphatic rings. The minimum absolute atomic E-state index is 0.0849. The lowest BCUT2D eigenvalue weighted by atomic mass is 10.1. The SMILES string of the molecule is COc1ccc(C(=O)NCCC(C)C)c(S)c1. The lowest BCUT2D eigenvalue weighted by molar-refractivity contribution is 0.0949. The summed E-state index contributed by atoms with van der Waals surface area (Å²) in [6.07, 6.45) is 0.976. The molecule has 94 valence electrons. The second-order valence-electron chi connectivity index (χ2n) is 4.32. The van der Waals surface area contributed by atoms with Crippen LogP contribution in [0.4, 0.5) is 0 Å². The van der Waals surface area contributed by atoms with Crippen LogP contribution in [0.2, 0.25) is 0 Å². The fourth-order valence-corrected chi connectivity index (χ4v) is 1.70. The molecule has 0 aliphatic heterocycles. The molecular weight excluding hydrogens is 234 g/mol. The van der Waals surface area contributed by atoms with Crippen LogP contribution in [0, 0.1) is 5.92 Å². The highest BCUT2D eigenvalue weighted by Crippen LogP contribution is 2.20. The fraction of sp³-hybridized carbons (Fsp3) is 0.462. The molecule has 1 aromatic carbocycles. The maximum Gasteiger partial charge on any atom is 0.252 e. The Balaban J connectivity index is 2.63. The molecule has 1 aromatic rings. The van der Waals surface area contributed by atoms with Gasteiger partial charge < -0.3 is 10.1 Å². The summed E-state index contributed by atoms with van der Waals surface area (Å²) in [5, 5.41) is 2.88. The van der Waals surface area contributed by atoms with Crippen molar-refractivity contribution in [1.29, 1.82) is 0 Å². The summed E-state index contributed by atoms with van der Waals surface area (Å²) in [4.78, 5) is 12.5. The van der Waals surface area contributed by atoms with E-state index in [1.165, 1.54) is 0 Å². The molecule has 0 unspecified atom stereocenters. The molecule has 0 aliphatic carbocycles. The molecule has 0 aromatic heterocycles. The van der Waals surface area contributed by atoms with Gasteiger partial charge in [0.05, 0.1) is 12.7 Å². The van der Waals surface area contributed by atoms with Gasteiger partial charge >= 0.3 is 0 Å². The van der Waals surface area contributed by atoms with Crippen molar-refractivity contribution in [3.8, 4) is 5.75 Å². The number of thiol groups is 1. The Hall–Kier alpha value is -1.16. The summed E-state index contributed by atoms with van der Waals surface area (Å²) in [6, 6.07) is 5.23. The van der Waals surface area contributed by atoms with Gasteiger partial charge in [-0.1, -0.05) is 13.8 Å². The van der Waals surface area contributed by atoms with Crippen molar-refractivity contribution in [3.05, 3.63) is 23.8 Å². The van der Waals surface area contributed by atoms with Gasteiger partial charge in [-0.25, -0.2) is 0 Å². The highest BCUT2D eigenvalue weighted by molar-refractivity contribution is 7.80. The number of hydrogen-bond donors (Lipinski definition) is 2. The van der Waals surface area contributed by atoms with Crippen molar-refractivity contribution in [2.45, 2.75) is 25.2 Å². The lowest BCUT2D eigenvalue weighted by Gasteiger charge is -2.09. The first kappa shape index (κ1) is 13.9. The first-order chi connectivity index (χ1) is 8.04. The fourth-order valence-electron chi connectivity index (χ4n) is 1.40. The predicted octanol–water partition coefficient (Wildman–Crippen LogP) is 2.76. The van der Waals surface area contributed by atoms with E-state index < -0.39 is 0 Å². The van der Waals surface area contributed by atoms with Gasteiger partial charge in [-0.2, -0.15) is 0 Å². The summed E-state index contributed by atoms with van der Waals surface area (Å²) < 4.78 is 5.06. The smallest absolute Gasteiger partial charge is 0.252 e. The molecule has 0 radical (unpaired) electrons. The molecule has 3 nitrogen and oxygen atoms in total.